The van der Waals surface area contributed by atoms with Gasteiger partial charge >= 0.3 is 0 Å². The standard InChI is InChI=1S/C15H19ClN2S/c1-11-6-5-7-12(16)13(11)17-14-18-15(10-19-14)8-3-2-4-9-15/h5-7H,2-4,8-10H2,1H3,(H,17,18). The summed E-state index contributed by atoms with van der Waals surface area (Å²) in [5, 5.41) is 5.24. The molecule has 0 radical (unpaired) electrons. The number of hydrogen-bond acceptors (Lipinski definition) is 3. The van der Waals surface area contributed by atoms with Gasteiger partial charge in [-0.25, -0.2) is 0 Å². The second-order valence-electron chi connectivity index (χ2n) is 5.55. The summed E-state index contributed by atoms with van der Waals surface area (Å²) in [6.07, 6.45) is 6.50. The highest BCUT2D eigenvalue weighted by Crippen LogP contribution is 2.40. The number of rotatable bonds is 1. The number of aryl methyl sites for hydroxylation is 1. The van der Waals surface area contributed by atoms with E-state index >= 15 is 0 Å². The van der Waals surface area contributed by atoms with Crippen LogP contribution in [0.5, 0.6) is 0 Å². The van der Waals surface area contributed by atoms with Crippen molar-refractivity contribution in [1.82, 2.24) is 0 Å². The molecule has 1 fully saturated rings. The highest BCUT2D eigenvalue weighted by atomic mass is 35.5. The van der Waals surface area contributed by atoms with Crippen molar-refractivity contribution in [2.75, 3.05) is 11.1 Å². The summed E-state index contributed by atoms with van der Waals surface area (Å²) in [7, 11) is 0. The van der Waals surface area contributed by atoms with E-state index in [1.165, 1.54) is 37.7 Å². The summed E-state index contributed by atoms with van der Waals surface area (Å²) in [5.41, 5.74) is 2.38. The predicted molar refractivity (Wildman–Crippen MR) is 85.5 cm³/mol. The maximum absolute atomic E-state index is 6.26. The highest BCUT2D eigenvalue weighted by Gasteiger charge is 2.36. The van der Waals surface area contributed by atoms with E-state index in [4.69, 9.17) is 16.6 Å². The van der Waals surface area contributed by atoms with Crippen molar-refractivity contribution in [2.45, 2.75) is 44.6 Å². The second-order valence-corrected chi connectivity index (χ2v) is 6.92. The summed E-state index contributed by atoms with van der Waals surface area (Å²) in [6.45, 7) is 2.07. The summed E-state index contributed by atoms with van der Waals surface area (Å²) in [5.74, 6) is 1.12. The largest absolute Gasteiger partial charge is 0.334 e. The molecule has 102 valence electrons. The molecular formula is C15H19ClN2S. The number of thioether (sulfide) groups is 1. The quantitative estimate of drug-likeness (QED) is 0.799. The third kappa shape index (κ3) is 2.77. The molecule has 1 spiro atoms. The van der Waals surface area contributed by atoms with Gasteiger partial charge in [-0.15, -0.1) is 0 Å². The summed E-state index contributed by atoms with van der Waals surface area (Å²) >= 11 is 8.10. The Labute approximate surface area is 124 Å². The van der Waals surface area contributed by atoms with Crippen molar-refractivity contribution in [3.05, 3.63) is 28.8 Å². The molecule has 0 saturated heterocycles. The van der Waals surface area contributed by atoms with E-state index in [0.717, 1.165) is 21.6 Å². The first-order chi connectivity index (χ1) is 9.19. The lowest BCUT2D eigenvalue weighted by molar-refractivity contribution is 0.335. The molecule has 1 aliphatic carbocycles. The lowest BCUT2D eigenvalue weighted by Gasteiger charge is -2.29. The zero-order chi connectivity index (χ0) is 13.3. The van der Waals surface area contributed by atoms with Gasteiger partial charge < -0.3 is 5.32 Å². The van der Waals surface area contributed by atoms with Gasteiger partial charge in [-0.2, -0.15) is 0 Å². The Morgan fingerprint density at radius 1 is 1.26 bits per heavy atom. The molecule has 2 nitrogen and oxygen atoms in total. The molecule has 4 heteroatoms. The van der Waals surface area contributed by atoms with Crippen LogP contribution in [0.2, 0.25) is 5.02 Å². The number of halogens is 1. The zero-order valence-corrected chi connectivity index (χ0v) is 12.8. The molecule has 0 unspecified atom stereocenters. The third-order valence-corrected chi connectivity index (χ3v) is 5.52. The van der Waals surface area contributed by atoms with E-state index in [-0.39, 0.29) is 5.54 Å². The van der Waals surface area contributed by atoms with E-state index in [0.29, 0.717) is 0 Å². The fourth-order valence-corrected chi connectivity index (χ4v) is 4.37. The van der Waals surface area contributed by atoms with Gasteiger partial charge in [0.1, 0.15) is 0 Å². The van der Waals surface area contributed by atoms with E-state index in [1.807, 2.05) is 23.9 Å². The molecular weight excluding hydrogens is 276 g/mol. The molecule has 1 aromatic rings. The van der Waals surface area contributed by atoms with Crippen LogP contribution < -0.4 is 5.32 Å². The number of benzene rings is 1. The predicted octanol–water partition coefficient (Wildman–Crippen LogP) is 4.87. The Hall–Kier alpha value is -0.670. The van der Waals surface area contributed by atoms with E-state index in [2.05, 4.69) is 18.3 Å². The monoisotopic (exact) mass is 294 g/mol. The highest BCUT2D eigenvalue weighted by molar-refractivity contribution is 8.14. The molecule has 19 heavy (non-hydrogen) atoms. The molecule has 2 aliphatic rings. The first-order valence-electron chi connectivity index (χ1n) is 6.93. The molecule has 3 rings (SSSR count). The zero-order valence-electron chi connectivity index (χ0n) is 11.2. The molecule has 1 aliphatic heterocycles. The van der Waals surface area contributed by atoms with Crippen LogP contribution in [0.4, 0.5) is 5.69 Å². The van der Waals surface area contributed by atoms with Crippen LogP contribution in [-0.2, 0) is 0 Å². The lowest BCUT2D eigenvalue weighted by Crippen LogP contribution is -2.29. The Bertz CT molecular complexity index is 487. The van der Waals surface area contributed by atoms with Gasteiger partial charge in [0.25, 0.3) is 0 Å². The van der Waals surface area contributed by atoms with Crippen molar-refractivity contribution >= 4 is 34.2 Å². The van der Waals surface area contributed by atoms with Gasteiger partial charge in [0.2, 0.25) is 0 Å². The van der Waals surface area contributed by atoms with Crippen molar-refractivity contribution in [3.8, 4) is 0 Å². The smallest absolute Gasteiger partial charge is 0.161 e. The van der Waals surface area contributed by atoms with Crippen LogP contribution in [0.1, 0.15) is 37.7 Å². The van der Waals surface area contributed by atoms with E-state index in [9.17, 15) is 0 Å². The fourth-order valence-electron chi connectivity index (χ4n) is 2.91. The van der Waals surface area contributed by atoms with E-state index < -0.39 is 0 Å². The van der Waals surface area contributed by atoms with Crippen LogP contribution in [0.3, 0.4) is 0 Å². The normalized spacial score (nSPS) is 21.5. The number of amidine groups is 1. The van der Waals surface area contributed by atoms with Crippen molar-refractivity contribution in [3.63, 3.8) is 0 Å². The SMILES string of the molecule is Cc1cccc(Cl)c1NC1=NC2(CCCCC2)CS1. The molecule has 0 amide bonds. The Morgan fingerprint density at radius 2 is 2.05 bits per heavy atom. The van der Waals surface area contributed by atoms with Gasteiger partial charge in [0, 0.05) is 5.75 Å². The van der Waals surface area contributed by atoms with Gasteiger partial charge in [-0.1, -0.05) is 54.8 Å². The maximum atomic E-state index is 6.26. The Kier molecular flexibility index (Phi) is 3.77. The average molecular weight is 295 g/mol. The van der Waals surface area contributed by atoms with Crippen LogP contribution >= 0.6 is 23.4 Å². The first-order valence-corrected chi connectivity index (χ1v) is 8.30. The topological polar surface area (TPSA) is 24.4 Å². The second kappa shape index (κ2) is 5.37. The summed E-state index contributed by atoms with van der Waals surface area (Å²) < 4.78 is 0. The van der Waals surface area contributed by atoms with Gasteiger partial charge in [0.15, 0.2) is 5.17 Å². The number of aliphatic imine (C=N–C) groups is 1. The molecule has 1 heterocycles. The molecule has 1 aromatic carbocycles. The number of anilines is 1. The number of para-hydroxylation sites is 1. The maximum Gasteiger partial charge on any atom is 0.161 e. The van der Waals surface area contributed by atoms with Crippen molar-refractivity contribution < 1.29 is 0 Å². The van der Waals surface area contributed by atoms with Gasteiger partial charge in [-0.05, 0) is 31.4 Å². The molecule has 0 bridgehead atoms. The van der Waals surface area contributed by atoms with Crippen LogP contribution in [0.25, 0.3) is 0 Å². The van der Waals surface area contributed by atoms with Crippen molar-refractivity contribution in [1.29, 1.82) is 0 Å². The minimum absolute atomic E-state index is 0.209. The van der Waals surface area contributed by atoms with Crippen LogP contribution in [-0.4, -0.2) is 16.5 Å². The first kappa shape index (κ1) is 13.3. The number of nitrogens with zero attached hydrogens (tertiary/aromatic N) is 1. The molecule has 0 atom stereocenters. The number of nitrogens with one attached hydrogen (secondary N) is 1. The number of hydrogen-bond donors (Lipinski definition) is 1. The molecule has 1 N–H and O–H groups in total. The van der Waals surface area contributed by atoms with Crippen LogP contribution in [0.15, 0.2) is 23.2 Å². The van der Waals surface area contributed by atoms with E-state index in [1.54, 1.807) is 0 Å². The Morgan fingerprint density at radius 3 is 2.79 bits per heavy atom. The lowest BCUT2D eigenvalue weighted by atomic mass is 9.84. The summed E-state index contributed by atoms with van der Waals surface area (Å²) in [6, 6.07) is 5.98. The average Bonchev–Trinajstić information content (AvgIpc) is 2.78. The fraction of sp³-hybridized carbons (Fsp3) is 0.533. The molecule has 1 saturated carbocycles. The van der Waals surface area contributed by atoms with Crippen molar-refractivity contribution in [2.24, 2.45) is 4.99 Å². The minimum Gasteiger partial charge on any atom is -0.334 e. The third-order valence-electron chi connectivity index (χ3n) is 4.05. The van der Waals surface area contributed by atoms with Crippen LogP contribution in [0, 0.1) is 6.92 Å². The Balaban J connectivity index is 1.79. The summed E-state index contributed by atoms with van der Waals surface area (Å²) in [4.78, 5) is 4.97. The van der Waals surface area contributed by atoms with Gasteiger partial charge in [0.05, 0.1) is 16.2 Å². The minimum atomic E-state index is 0.209. The van der Waals surface area contributed by atoms with Gasteiger partial charge in [-0.3, -0.25) is 4.99 Å². The molecule has 0 aromatic heterocycles.